The topological polar surface area (TPSA) is 23.6 Å². The van der Waals surface area contributed by atoms with Crippen LogP contribution in [0.3, 0.4) is 0 Å². The molecule has 0 N–H and O–H groups in total. The van der Waals surface area contributed by atoms with Gasteiger partial charge in [0.1, 0.15) is 0 Å². The van der Waals surface area contributed by atoms with Crippen molar-refractivity contribution < 1.29 is 4.79 Å². The maximum absolute atomic E-state index is 12.6. The third kappa shape index (κ3) is 3.98. The lowest BCUT2D eigenvalue weighted by molar-refractivity contribution is -0.132. The van der Waals surface area contributed by atoms with Crippen LogP contribution in [0.4, 0.5) is 0 Å². The molecule has 164 valence electrons. The first-order valence-electron chi connectivity index (χ1n) is 11.9. The Labute approximate surface area is 191 Å². The number of rotatable bonds is 6. The van der Waals surface area contributed by atoms with E-state index in [2.05, 4.69) is 60.4 Å². The van der Waals surface area contributed by atoms with E-state index in [1.165, 1.54) is 22.3 Å². The summed E-state index contributed by atoms with van der Waals surface area (Å²) in [5.74, 6) is 0.252. The molecule has 0 atom stereocenters. The Bertz CT molecular complexity index is 1040. The Balaban J connectivity index is 1.16. The van der Waals surface area contributed by atoms with Crippen LogP contribution in [0.15, 0.2) is 78.9 Å². The van der Waals surface area contributed by atoms with Crippen molar-refractivity contribution in [2.24, 2.45) is 0 Å². The molecule has 0 saturated carbocycles. The zero-order valence-corrected chi connectivity index (χ0v) is 19.0. The van der Waals surface area contributed by atoms with Crippen LogP contribution in [-0.2, 0) is 16.6 Å². The highest BCUT2D eigenvalue weighted by atomic mass is 16.2. The molecule has 0 aromatic heterocycles. The molecule has 1 amide bonds. The Morgan fingerprint density at radius 3 is 1.97 bits per heavy atom. The van der Waals surface area contributed by atoms with Crippen molar-refractivity contribution in [1.29, 1.82) is 0 Å². The number of amides is 1. The second-order valence-electron chi connectivity index (χ2n) is 9.41. The van der Waals surface area contributed by atoms with Gasteiger partial charge in [0.25, 0.3) is 0 Å². The molecule has 2 aliphatic rings. The van der Waals surface area contributed by atoms with Crippen molar-refractivity contribution >= 4 is 5.91 Å². The molecule has 0 bridgehead atoms. The third-order valence-corrected chi connectivity index (χ3v) is 7.41. The largest absolute Gasteiger partial charge is 0.340 e. The van der Waals surface area contributed by atoms with Gasteiger partial charge in [-0.3, -0.25) is 9.69 Å². The fraction of sp³-hybridized carbons (Fsp3) is 0.345. The Hall–Kier alpha value is -2.91. The standard InChI is InChI=1S/C29H32N2O/c1-29(26-14-7-5-12-24(26)25-13-6-8-15-27(25)29)16-9-17-30-18-20-31(21-19-30)28(32)22-23-10-3-2-4-11-23/h2-8,10-15H,9,16-22H2,1H3. The van der Waals surface area contributed by atoms with E-state index in [0.29, 0.717) is 6.42 Å². The monoisotopic (exact) mass is 424 g/mol. The molecule has 32 heavy (non-hydrogen) atoms. The van der Waals surface area contributed by atoms with Crippen LogP contribution in [0.25, 0.3) is 11.1 Å². The van der Waals surface area contributed by atoms with Crippen LogP contribution in [0.1, 0.15) is 36.5 Å². The van der Waals surface area contributed by atoms with Gasteiger partial charge in [-0.05, 0) is 47.2 Å². The zero-order valence-electron chi connectivity index (χ0n) is 19.0. The van der Waals surface area contributed by atoms with Gasteiger partial charge in [-0.2, -0.15) is 0 Å². The van der Waals surface area contributed by atoms with Crippen LogP contribution in [-0.4, -0.2) is 48.4 Å². The summed E-state index contributed by atoms with van der Waals surface area (Å²) < 4.78 is 0. The number of hydrogen-bond donors (Lipinski definition) is 0. The zero-order chi connectivity index (χ0) is 22.0. The minimum Gasteiger partial charge on any atom is -0.340 e. The number of carbonyl (C=O) groups is 1. The van der Waals surface area contributed by atoms with Crippen molar-refractivity contribution in [2.45, 2.75) is 31.6 Å². The molecule has 1 heterocycles. The molecular weight excluding hydrogens is 392 g/mol. The third-order valence-electron chi connectivity index (χ3n) is 7.41. The molecular formula is C29H32N2O. The lowest BCUT2D eigenvalue weighted by Gasteiger charge is -2.35. The van der Waals surface area contributed by atoms with Crippen LogP contribution >= 0.6 is 0 Å². The summed E-state index contributed by atoms with van der Waals surface area (Å²) in [5.41, 5.74) is 6.92. The van der Waals surface area contributed by atoms with Gasteiger partial charge in [0.05, 0.1) is 6.42 Å². The minimum atomic E-state index is 0.0840. The van der Waals surface area contributed by atoms with Crippen molar-refractivity contribution in [2.75, 3.05) is 32.7 Å². The molecule has 5 rings (SSSR count). The van der Waals surface area contributed by atoms with E-state index in [9.17, 15) is 4.79 Å². The average molecular weight is 425 g/mol. The molecule has 0 spiro atoms. The Morgan fingerprint density at radius 1 is 0.781 bits per heavy atom. The molecule has 1 fully saturated rings. The predicted octanol–water partition coefficient (Wildman–Crippen LogP) is 5.14. The molecule has 3 aromatic rings. The normalized spacial score (nSPS) is 17.1. The second kappa shape index (κ2) is 8.91. The maximum Gasteiger partial charge on any atom is 0.227 e. The van der Waals surface area contributed by atoms with Gasteiger partial charge in [-0.15, -0.1) is 0 Å². The maximum atomic E-state index is 12.6. The quantitative estimate of drug-likeness (QED) is 0.547. The van der Waals surface area contributed by atoms with Crippen LogP contribution in [0, 0.1) is 0 Å². The van der Waals surface area contributed by atoms with E-state index >= 15 is 0 Å². The van der Waals surface area contributed by atoms with Crippen LogP contribution < -0.4 is 0 Å². The number of piperazine rings is 1. The highest BCUT2D eigenvalue weighted by Crippen LogP contribution is 2.50. The molecule has 3 aromatic carbocycles. The van der Waals surface area contributed by atoms with E-state index < -0.39 is 0 Å². The summed E-state index contributed by atoms with van der Waals surface area (Å²) in [6, 6.07) is 27.9. The molecule has 0 unspecified atom stereocenters. The first-order chi connectivity index (χ1) is 15.6. The lowest BCUT2D eigenvalue weighted by Crippen LogP contribution is -2.49. The van der Waals surface area contributed by atoms with Gasteiger partial charge in [-0.25, -0.2) is 0 Å². The molecule has 3 nitrogen and oxygen atoms in total. The first-order valence-corrected chi connectivity index (χ1v) is 11.9. The summed E-state index contributed by atoms with van der Waals surface area (Å²) in [4.78, 5) is 17.2. The highest BCUT2D eigenvalue weighted by molar-refractivity contribution is 5.80. The van der Waals surface area contributed by atoms with Crippen molar-refractivity contribution in [1.82, 2.24) is 9.80 Å². The first kappa shape index (κ1) is 21.0. The van der Waals surface area contributed by atoms with E-state index in [0.717, 1.165) is 51.1 Å². The van der Waals surface area contributed by atoms with Crippen LogP contribution in [0.2, 0.25) is 0 Å². The number of carbonyl (C=O) groups excluding carboxylic acids is 1. The van der Waals surface area contributed by atoms with E-state index in [4.69, 9.17) is 0 Å². The Morgan fingerprint density at radius 2 is 1.34 bits per heavy atom. The van der Waals surface area contributed by atoms with Gasteiger partial charge in [0.15, 0.2) is 0 Å². The van der Waals surface area contributed by atoms with Crippen molar-refractivity contribution in [3.63, 3.8) is 0 Å². The van der Waals surface area contributed by atoms with Crippen molar-refractivity contribution in [3.05, 3.63) is 95.6 Å². The van der Waals surface area contributed by atoms with Gasteiger partial charge < -0.3 is 4.90 Å². The molecule has 0 radical (unpaired) electrons. The predicted molar refractivity (Wildman–Crippen MR) is 131 cm³/mol. The van der Waals surface area contributed by atoms with Gasteiger partial charge >= 0.3 is 0 Å². The van der Waals surface area contributed by atoms with Gasteiger partial charge in [-0.1, -0.05) is 85.8 Å². The summed E-state index contributed by atoms with van der Waals surface area (Å²) in [7, 11) is 0. The number of nitrogens with zero attached hydrogens (tertiary/aromatic N) is 2. The summed E-state index contributed by atoms with van der Waals surface area (Å²) in [6.45, 7) is 7.15. The van der Waals surface area contributed by atoms with Crippen molar-refractivity contribution in [3.8, 4) is 11.1 Å². The highest BCUT2D eigenvalue weighted by Gasteiger charge is 2.38. The SMILES string of the molecule is CC1(CCCN2CCN(C(=O)Cc3ccccc3)CC2)c2ccccc2-c2ccccc21. The number of benzene rings is 3. The second-order valence-corrected chi connectivity index (χ2v) is 9.41. The summed E-state index contributed by atoms with van der Waals surface area (Å²) >= 11 is 0. The van der Waals surface area contributed by atoms with Gasteiger partial charge in [0.2, 0.25) is 5.91 Å². The fourth-order valence-corrected chi connectivity index (χ4v) is 5.57. The van der Waals surface area contributed by atoms with Crippen LogP contribution in [0.5, 0.6) is 0 Å². The minimum absolute atomic E-state index is 0.0840. The molecule has 1 aliphatic carbocycles. The van der Waals surface area contributed by atoms with E-state index in [-0.39, 0.29) is 11.3 Å². The summed E-state index contributed by atoms with van der Waals surface area (Å²) in [5, 5.41) is 0. The smallest absolute Gasteiger partial charge is 0.227 e. The Kier molecular flexibility index (Phi) is 5.84. The average Bonchev–Trinajstić information content (AvgIpc) is 3.09. The number of hydrogen-bond acceptors (Lipinski definition) is 2. The molecule has 1 saturated heterocycles. The van der Waals surface area contributed by atoms with E-state index in [1.54, 1.807) is 0 Å². The number of fused-ring (bicyclic) bond motifs is 3. The fourth-order valence-electron chi connectivity index (χ4n) is 5.57. The van der Waals surface area contributed by atoms with E-state index in [1.807, 2.05) is 35.2 Å². The molecule has 1 aliphatic heterocycles. The summed E-state index contributed by atoms with van der Waals surface area (Å²) in [6.07, 6.45) is 2.82. The lowest BCUT2D eigenvalue weighted by atomic mass is 9.76. The van der Waals surface area contributed by atoms with Gasteiger partial charge in [0, 0.05) is 31.6 Å². The molecule has 3 heteroatoms.